The molecule has 0 radical (unpaired) electrons. The van der Waals surface area contributed by atoms with E-state index in [1.807, 2.05) is 6.07 Å². The molecule has 1 aliphatic heterocycles. The van der Waals surface area contributed by atoms with E-state index < -0.39 is 0 Å². The molecule has 0 saturated carbocycles. The van der Waals surface area contributed by atoms with E-state index >= 15 is 0 Å². The molecule has 1 amide bonds. The topological polar surface area (TPSA) is 74.2 Å². The molecular formula is C22H25Br2N3O3. The second kappa shape index (κ2) is 8.59. The van der Waals surface area contributed by atoms with E-state index in [2.05, 4.69) is 81.2 Å². The zero-order valence-electron chi connectivity index (χ0n) is 17.6. The Kier molecular flexibility index (Phi) is 6.48. The first-order valence-corrected chi connectivity index (χ1v) is 11.1. The Hall–Kier alpha value is -2.06. The Morgan fingerprint density at radius 3 is 2.53 bits per heavy atom. The quantitative estimate of drug-likeness (QED) is 0.403. The van der Waals surface area contributed by atoms with Crippen molar-refractivity contribution in [2.24, 2.45) is 5.10 Å². The van der Waals surface area contributed by atoms with Gasteiger partial charge < -0.3 is 14.7 Å². The minimum absolute atomic E-state index is 0.0381. The standard InChI is InChI=1S/C22H25Br2N3O3/c1-12-10-22(2,3)27(4)18-9-19(30-5)14(6-15(12)18)11-25-26-21(29)13-7-16(23)20(28)17(24)8-13/h6-9,11-12,28H,10H2,1-5H3,(H,26,29)/b25-11-. The third-order valence-corrected chi connectivity index (χ3v) is 6.84. The van der Waals surface area contributed by atoms with Crippen LogP contribution in [0.4, 0.5) is 5.69 Å². The van der Waals surface area contributed by atoms with E-state index in [-0.39, 0.29) is 17.2 Å². The van der Waals surface area contributed by atoms with Crippen molar-refractivity contribution in [2.45, 2.75) is 38.6 Å². The third-order valence-electron chi connectivity index (χ3n) is 5.63. The number of aromatic hydroxyl groups is 1. The van der Waals surface area contributed by atoms with Gasteiger partial charge in [-0.1, -0.05) is 6.92 Å². The molecular weight excluding hydrogens is 514 g/mol. The first-order valence-electron chi connectivity index (χ1n) is 9.52. The van der Waals surface area contributed by atoms with Crippen LogP contribution >= 0.6 is 31.9 Å². The zero-order chi connectivity index (χ0) is 22.2. The molecule has 2 aromatic rings. The highest BCUT2D eigenvalue weighted by molar-refractivity contribution is 9.11. The number of hydrogen-bond acceptors (Lipinski definition) is 5. The fraction of sp³-hybridized carbons (Fsp3) is 0.364. The molecule has 1 heterocycles. The number of fused-ring (bicyclic) bond motifs is 1. The number of carbonyl (C=O) groups excluding carboxylic acids is 1. The minimum atomic E-state index is -0.389. The molecule has 1 unspecified atom stereocenters. The van der Waals surface area contributed by atoms with Crippen LogP contribution in [0.5, 0.6) is 11.5 Å². The average Bonchev–Trinajstić information content (AvgIpc) is 2.69. The van der Waals surface area contributed by atoms with Gasteiger partial charge in [0.15, 0.2) is 0 Å². The number of hydrazone groups is 1. The summed E-state index contributed by atoms with van der Waals surface area (Å²) >= 11 is 6.45. The maximum absolute atomic E-state index is 12.4. The average molecular weight is 539 g/mol. The summed E-state index contributed by atoms with van der Waals surface area (Å²) in [5.41, 5.74) is 6.13. The molecule has 0 fully saturated rings. The number of anilines is 1. The van der Waals surface area contributed by atoms with Crippen molar-refractivity contribution in [3.8, 4) is 11.5 Å². The van der Waals surface area contributed by atoms with Crippen LogP contribution in [0.25, 0.3) is 0 Å². The highest BCUT2D eigenvalue weighted by Crippen LogP contribution is 2.44. The van der Waals surface area contributed by atoms with Crippen molar-refractivity contribution < 1.29 is 14.6 Å². The Bertz CT molecular complexity index is 998. The molecule has 0 saturated heterocycles. The van der Waals surface area contributed by atoms with E-state index in [1.165, 1.54) is 17.7 Å². The first kappa shape index (κ1) is 22.6. The fourth-order valence-electron chi connectivity index (χ4n) is 3.81. The monoisotopic (exact) mass is 537 g/mol. The summed E-state index contributed by atoms with van der Waals surface area (Å²) in [5, 5.41) is 13.9. The van der Waals surface area contributed by atoms with Crippen molar-refractivity contribution in [1.82, 2.24) is 5.43 Å². The Morgan fingerprint density at radius 1 is 1.30 bits per heavy atom. The van der Waals surface area contributed by atoms with E-state index in [0.717, 1.165) is 17.7 Å². The molecule has 0 aliphatic carbocycles. The molecule has 0 spiro atoms. The highest BCUT2D eigenvalue weighted by Gasteiger charge is 2.34. The Labute approximate surface area is 193 Å². The van der Waals surface area contributed by atoms with Gasteiger partial charge in [0.2, 0.25) is 0 Å². The molecule has 0 bridgehead atoms. The summed E-state index contributed by atoms with van der Waals surface area (Å²) in [6.45, 7) is 6.71. The smallest absolute Gasteiger partial charge is 0.271 e. The van der Waals surface area contributed by atoms with Gasteiger partial charge in [-0.3, -0.25) is 4.79 Å². The van der Waals surface area contributed by atoms with Crippen molar-refractivity contribution in [1.29, 1.82) is 0 Å². The van der Waals surface area contributed by atoms with Gasteiger partial charge in [0.1, 0.15) is 11.5 Å². The van der Waals surface area contributed by atoms with Crippen LogP contribution in [0, 0.1) is 0 Å². The number of nitrogens with zero attached hydrogens (tertiary/aromatic N) is 2. The number of halogens is 2. The van der Waals surface area contributed by atoms with E-state index in [0.29, 0.717) is 26.2 Å². The summed E-state index contributed by atoms with van der Waals surface area (Å²) in [6.07, 6.45) is 2.63. The SMILES string of the molecule is COc1cc2c(cc1/C=N\NC(=O)c1cc(Br)c(O)c(Br)c1)C(C)CC(C)(C)N2C. The second-order valence-electron chi connectivity index (χ2n) is 8.12. The number of phenols is 1. The van der Waals surface area contributed by atoms with Crippen LogP contribution in [0.2, 0.25) is 0 Å². The van der Waals surface area contributed by atoms with Crippen molar-refractivity contribution in [3.63, 3.8) is 0 Å². The summed E-state index contributed by atoms with van der Waals surface area (Å²) in [4.78, 5) is 14.7. The lowest BCUT2D eigenvalue weighted by molar-refractivity contribution is 0.0955. The van der Waals surface area contributed by atoms with Crippen LogP contribution in [-0.2, 0) is 0 Å². The highest BCUT2D eigenvalue weighted by atomic mass is 79.9. The Morgan fingerprint density at radius 2 is 1.93 bits per heavy atom. The van der Waals surface area contributed by atoms with E-state index in [9.17, 15) is 9.90 Å². The zero-order valence-corrected chi connectivity index (χ0v) is 20.8. The van der Waals surface area contributed by atoms with Crippen molar-refractivity contribution >= 4 is 49.7 Å². The Balaban J connectivity index is 1.86. The maximum atomic E-state index is 12.4. The maximum Gasteiger partial charge on any atom is 0.271 e. The number of ether oxygens (including phenoxy) is 1. The fourth-order valence-corrected chi connectivity index (χ4v) is 5.00. The van der Waals surface area contributed by atoms with Crippen molar-refractivity contribution in [2.75, 3.05) is 19.1 Å². The predicted molar refractivity (Wildman–Crippen MR) is 127 cm³/mol. The number of hydrogen-bond donors (Lipinski definition) is 2. The molecule has 30 heavy (non-hydrogen) atoms. The van der Waals surface area contributed by atoms with Crippen LogP contribution in [-0.4, -0.2) is 36.9 Å². The number of phenolic OH excluding ortho intramolecular Hbond substituents is 1. The lowest BCUT2D eigenvalue weighted by Crippen LogP contribution is -2.45. The van der Waals surface area contributed by atoms with Gasteiger partial charge in [-0.05, 0) is 81.8 Å². The molecule has 6 nitrogen and oxygen atoms in total. The lowest BCUT2D eigenvalue weighted by atomic mass is 9.80. The van der Waals surface area contributed by atoms with Crippen LogP contribution in [0.1, 0.15) is 54.6 Å². The normalized spacial score (nSPS) is 17.7. The molecule has 8 heteroatoms. The van der Waals surface area contributed by atoms with Gasteiger partial charge >= 0.3 is 0 Å². The van der Waals surface area contributed by atoms with Gasteiger partial charge in [-0.15, -0.1) is 0 Å². The lowest BCUT2D eigenvalue weighted by Gasteiger charge is -2.45. The molecule has 1 atom stereocenters. The van der Waals surface area contributed by atoms with Gasteiger partial charge in [-0.2, -0.15) is 5.10 Å². The van der Waals surface area contributed by atoms with E-state index in [1.54, 1.807) is 13.3 Å². The second-order valence-corrected chi connectivity index (χ2v) is 9.83. The van der Waals surface area contributed by atoms with Crippen LogP contribution in [0.3, 0.4) is 0 Å². The summed E-state index contributed by atoms with van der Waals surface area (Å²) < 4.78 is 6.42. The molecule has 1 aliphatic rings. The van der Waals surface area contributed by atoms with Gasteiger partial charge in [0, 0.05) is 35.5 Å². The third kappa shape index (κ3) is 4.34. The number of benzene rings is 2. The van der Waals surface area contributed by atoms with E-state index in [4.69, 9.17) is 4.74 Å². The summed E-state index contributed by atoms with van der Waals surface area (Å²) in [6, 6.07) is 7.17. The molecule has 3 rings (SSSR count). The van der Waals surface area contributed by atoms with Crippen LogP contribution < -0.4 is 15.1 Å². The number of methoxy groups -OCH3 is 1. The summed E-state index contributed by atoms with van der Waals surface area (Å²) in [7, 11) is 3.73. The number of rotatable bonds is 4. The van der Waals surface area contributed by atoms with Crippen LogP contribution in [0.15, 0.2) is 38.3 Å². The molecule has 160 valence electrons. The van der Waals surface area contributed by atoms with Crippen molar-refractivity contribution in [3.05, 3.63) is 49.9 Å². The molecule has 2 aromatic carbocycles. The van der Waals surface area contributed by atoms with Gasteiger partial charge in [0.25, 0.3) is 5.91 Å². The largest absolute Gasteiger partial charge is 0.506 e. The first-order chi connectivity index (χ1) is 14.0. The minimum Gasteiger partial charge on any atom is -0.506 e. The van der Waals surface area contributed by atoms with Gasteiger partial charge in [0.05, 0.1) is 22.3 Å². The summed E-state index contributed by atoms with van der Waals surface area (Å²) in [5.74, 6) is 0.736. The number of amides is 1. The molecule has 0 aromatic heterocycles. The predicted octanol–water partition coefficient (Wildman–Crippen LogP) is 5.41. The van der Waals surface area contributed by atoms with Gasteiger partial charge in [-0.25, -0.2) is 5.43 Å². The number of carbonyl (C=O) groups is 1. The molecule has 2 N–H and O–H groups in total. The number of nitrogens with one attached hydrogen (secondary N) is 1.